The van der Waals surface area contributed by atoms with Crippen LogP contribution in [0.15, 0.2) is 48.5 Å². The molecule has 0 heterocycles. The number of benzene rings is 2. The van der Waals surface area contributed by atoms with Crippen molar-refractivity contribution in [3.05, 3.63) is 59.1 Å². The number of alkyl halides is 3. The Morgan fingerprint density at radius 3 is 2.32 bits per heavy atom. The van der Waals surface area contributed by atoms with Gasteiger partial charge >= 0.3 is 6.36 Å². The van der Waals surface area contributed by atoms with Crippen LogP contribution in [-0.2, 0) is 4.79 Å². The van der Waals surface area contributed by atoms with E-state index in [0.29, 0.717) is 5.69 Å². The van der Waals surface area contributed by atoms with E-state index in [9.17, 15) is 22.8 Å². The third-order valence-corrected chi connectivity index (χ3v) is 3.60. The van der Waals surface area contributed by atoms with Gasteiger partial charge in [0.2, 0.25) is 5.91 Å². The van der Waals surface area contributed by atoms with Crippen molar-refractivity contribution in [3.8, 4) is 5.75 Å². The Hall–Kier alpha value is -2.54. The standard InChI is InChI=1S/C17H13ClF3NO3/c1-22(12-5-3-2-4-6-12)16(24)10-14(23)11-7-8-15(13(18)9-11)25-17(19,20)21/h2-9H,10H2,1H3. The molecule has 132 valence electrons. The van der Waals surface area contributed by atoms with Gasteiger partial charge in [0.1, 0.15) is 5.75 Å². The normalized spacial score (nSPS) is 11.1. The van der Waals surface area contributed by atoms with Crippen LogP contribution in [0.25, 0.3) is 0 Å². The fourth-order valence-corrected chi connectivity index (χ4v) is 2.25. The molecule has 2 aromatic rings. The number of para-hydroxylation sites is 1. The quantitative estimate of drug-likeness (QED) is 0.575. The highest BCUT2D eigenvalue weighted by Gasteiger charge is 2.32. The van der Waals surface area contributed by atoms with E-state index in [1.54, 1.807) is 30.3 Å². The summed E-state index contributed by atoms with van der Waals surface area (Å²) in [5.41, 5.74) is 0.640. The first kappa shape index (κ1) is 18.8. The molecule has 0 N–H and O–H groups in total. The number of amides is 1. The molecule has 0 saturated carbocycles. The Morgan fingerprint density at radius 1 is 1.12 bits per heavy atom. The number of Topliss-reactive ketones (excluding diaryl/α,β-unsaturated/α-hetero) is 1. The Morgan fingerprint density at radius 2 is 1.76 bits per heavy atom. The molecule has 0 bridgehead atoms. The minimum atomic E-state index is -4.89. The van der Waals surface area contributed by atoms with E-state index in [1.165, 1.54) is 11.9 Å². The molecule has 1 amide bonds. The average molecular weight is 372 g/mol. The summed E-state index contributed by atoms with van der Waals surface area (Å²) in [6.07, 6.45) is -5.33. The van der Waals surface area contributed by atoms with E-state index < -0.39 is 30.2 Å². The van der Waals surface area contributed by atoms with Gasteiger partial charge in [-0.2, -0.15) is 0 Å². The predicted molar refractivity (Wildman–Crippen MR) is 86.9 cm³/mol. The van der Waals surface area contributed by atoms with Gasteiger partial charge in [0.15, 0.2) is 5.78 Å². The van der Waals surface area contributed by atoms with Crippen LogP contribution in [-0.4, -0.2) is 25.1 Å². The van der Waals surface area contributed by atoms with Gasteiger partial charge in [-0.1, -0.05) is 29.8 Å². The maximum Gasteiger partial charge on any atom is 0.573 e. The third-order valence-electron chi connectivity index (χ3n) is 3.31. The van der Waals surface area contributed by atoms with Crippen molar-refractivity contribution < 1.29 is 27.5 Å². The summed E-state index contributed by atoms with van der Waals surface area (Å²) in [7, 11) is 1.53. The zero-order valence-electron chi connectivity index (χ0n) is 13.0. The molecule has 8 heteroatoms. The summed E-state index contributed by atoms with van der Waals surface area (Å²) in [5, 5.41) is -0.368. The van der Waals surface area contributed by atoms with Crippen molar-refractivity contribution in [1.29, 1.82) is 0 Å². The number of nitrogens with zero attached hydrogens (tertiary/aromatic N) is 1. The van der Waals surface area contributed by atoms with Gasteiger partial charge in [0.25, 0.3) is 0 Å². The molecule has 0 fully saturated rings. The van der Waals surface area contributed by atoms with Gasteiger partial charge in [-0.25, -0.2) is 0 Å². The number of ketones is 1. The van der Waals surface area contributed by atoms with Crippen LogP contribution < -0.4 is 9.64 Å². The molecule has 2 rings (SSSR count). The van der Waals surface area contributed by atoms with Crippen LogP contribution >= 0.6 is 11.6 Å². The predicted octanol–water partition coefficient (Wildman–Crippen LogP) is 4.47. The van der Waals surface area contributed by atoms with Crippen LogP contribution in [0.4, 0.5) is 18.9 Å². The van der Waals surface area contributed by atoms with E-state index in [4.69, 9.17) is 11.6 Å². The summed E-state index contributed by atoms with van der Waals surface area (Å²) in [5.74, 6) is -1.63. The number of hydrogen-bond acceptors (Lipinski definition) is 3. The highest BCUT2D eigenvalue weighted by atomic mass is 35.5. The zero-order valence-corrected chi connectivity index (χ0v) is 13.8. The molecule has 0 atom stereocenters. The van der Waals surface area contributed by atoms with Gasteiger partial charge in [0, 0.05) is 18.3 Å². The number of anilines is 1. The third kappa shape index (κ3) is 5.22. The number of hydrogen-bond donors (Lipinski definition) is 0. The number of rotatable bonds is 5. The first-order valence-electron chi connectivity index (χ1n) is 7.07. The summed E-state index contributed by atoms with van der Waals surface area (Å²) < 4.78 is 40.3. The van der Waals surface area contributed by atoms with Crippen LogP contribution in [0.2, 0.25) is 5.02 Å². The summed E-state index contributed by atoms with van der Waals surface area (Å²) >= 11 is 5.70. The van der Waals surface area contributed by atoms with Crippen molar-refractivity contribution in [3.63, 3.8) is 0 Å². The molecule has 25 heavy (non-hydrogen) atoms. The van der Waals surface area contributed by atoms with Gasteiger partial charge in [-0.15, -0.1) is 13.2 Å². The van der Waals surface area contributed by atoms with Gasteiger partial charge in [0.05, 0.1) is 11.4 Å². The summed E-state index contributed by atoms with van der Waals surface area (Å²) in [4.78, 5) is 25.7. The number of carbonyl (C=O) groups is 2. The van der Waals surface area contributed by atoms with Gasteiger partial charge in [-0.05, 0) is 30.3 Å². The molecule has 0 unspecified atom stereocenters. The van der Waals surface area contributed by atoms with Crippen molar-refractivity contribution >= 4 is 29.0 Å². The second-order valence-corrected chi connectivity index (χ2v) is 5.49. The smallest absolute Gasteiger partial charge is 0.404 e. The van der Waals surface area contributed by atoms with Crippen LogP contribution in [0.5, 0.6) is 5.75 Å². The van der Waals surface area contributed by atoms with Gasteiger partial charge < -0.3 is 9.64 Å². The van der Waals surface area contributed by atoms with Gasteiger partial charge in [-0.3, -0.25) is 9.59 Å². The van der Waals surface area contributed by atoms with Crippen molar-refractivity contribution in [1.82, 2.24) is 0 Å². The van der Waals surface area contributed by atoms with E-state index in [0.717, 1.165) is 18.2 Å². The number of ether oxygens (including phenoxy) is 1. The molecule has 0 aromatic heterocycles. The Bertz CT molecular complexity index is 778. The fraction of sp³-hybridized carbons (Fsp3) is 0.176. The second kappa shape index (κ2) is 7.57. The Kier molecular flexibility index (Phi) is 5.69. The number of halogens is 4. The zero-order chi connectivity index (χ0) is 18.6. The lowest BCUT2D eigenvalue weighted by atomic mass is 10.1. The Labute approximate surface area is 146 Å². The van der Waals surface area contributed by atoms with Crippen molar-refractivity contribution in [2.75, 3.05) is 11.9 Å². The van der Waals surface area contributed by atoms with E-state index in [2.05, 4.69) is 4.74 Å². The molecule has 2 aromatic carbocycles. The SMILES string of the molecule is CN(C(=O)CC(=O)c1ccc(OC(F)(F)F)c(Cl)c1)c1ccccc1. The minimum Gasteiger partial charge on any atom is -0.404 e. The van der Waals surface area contributed by atoms with Crippen LogP contribution in [0.3, 0.4) is 0 Å². The molecular formula is C17H13ClF3NO3. The second-order valence-electron chi connectivity index (χ2n) is 5.08. The van der Waals surface area contributed by atoms with Crippen molar-refractivity contribution in [2.45, 2.75) is 12.8 Å². The maximum atomic E-state index is 12.2. The lowest BCUT2D eigenvalue weighted by Gasteiger charge is -2.17. The molecule has 0 aliphatic carbocycles. The Balaban J connectivity index is 2.08. The fourth-order valence-electron chi connectivity index (χ4n) is 2.04. The molecule has 0 aliphatic heterocycles. The molecular weight excluding hydrogens is 359 g/mol. The van der Waals surface area contributed by atoms with E-state index >= 15 is 0 Å². The monoisotopic (exact) mass is 371 g/mol. The number of carbonyl (C=O) groups excluding carboxylic acids is 2. The van der Waals surface area contributed by atoms with Crippen molar-refractivity contribution in [2.24, 2.45) is 0 Å². The largest absolute Gasteiger partial charge is 0.573 e. The topological polar surface area (TPSA) is 46.6 Å². The highest BCUT2D eigenvalue weighted by Crippen LogP contribution is 2.31. The van der Waals surface area contributed by atoms with Crippen LogP contribution in [0, 0.1) is 0 Å². The lowest BCUT2D eigenvalue weighted by Crippen LogP contribution is -2.28. The molecule has 0 spiro atoms. The molecule has 0 radical (unpaired) electrons. The summed E-state index contributed by atoms with van der Waals surface area (Å²) in [6.45, 7) is 0. The van der Waals surface area contributed by atoms with E-state index in [-0.39, 0.29) is 10.6 Å². The lowest BCUT2D eigenvalue weighted by molar-refractivity contribution is -0.274. The maximum absolute atomic E-state index is 12.2. The highest BCUT2D eigenvalue weighted by molar-refractivity contribution is 6.32. The van der Waals surface area contributed by atoms with Crippen LogP contribution in [0.1, 0.15) is 16.8 Å². The minimum absolute atomic E-state index is 0.0225. The summed E-state index contributed by atoms with van der Waals surface area (Å²) in [6, 6.07) is 11.8. The first-order valence-corrected chi connectivity index (χ1v) is 7.45. The first-order chi connectivity index (χ1) is 11.7. The average Bonchev–Trinajstić information content (AvgIpc) is 2.55. The molecule has 0 aliphatic rings. The van der Waals surface area contributed by atoms with E-state index in [1.807, 2.05) is 0 Å². The molecule has 4 nitrogen and oxygen atoms in total. The molecule has 0 saturated heterocycles.